The van der Waals surface area contributed by atoms with Crippen molar-refractivity contribution in [3.63, 3.8) is 0 Å². The number of ether oxygens (including phenoxy) is 1. The average Bonchev–Trinajstić information content (AvgIpc) is 2.01. The molecule has 0 aromatic rings. The van der Waals surface area contributed by atoms with E-state index in [0.717, 1.165) is 23.2 Å². The van der Waals surface area contributed by atoms with E-state index >= 15 is 0 Å². The van der Waals surface area contributed by atoms with Gasteiger partial charge in [0.25, 0.3) is 0 Å². The molecule has 0 aromatic heterocycles. The molecule has 0 saturated carbocycles. The van der Waals surface area contributed by atoms with E-state index in [-0.39, 0.29) is 0 Å². The van der Waals surface area contributed by atoms with E-state index in [2.05, 4.69) is 19.3 Å². The zero-order valence-corrected chi connectivity index (χ0v) is 9.06. The SMILES string of the molecule is CCO/C(=C\SCC)SCC. The molecule has 1 nitrogen and oxygen atoms in total. The topological polar surface area (TPSA) is 9.23 Å². The van der Waals surface area contributed by atoms with Crippen LogP contribution in [0.5, 0.6) is 0 Å². The number of hydrogen-bond acceptors (Lipinski definition) is 3. The van der Waals surface area contributed by atoms with Crippen molar-refractivity contribution in [2.45, 2.75) is 20.8 Å². The lowest BCUT2D eigenvalue weighted by molar-refractivity contribution is 0.258. The van der Waals surface area contributed by atoms with Gasteiger partial charge >= 0.3 is 0 Å². The third-order valence-corrected chi connectivity index (χ3v) is 2.59. The fourth-order valence-corrected chi connectivity index (χ4v) is 1.88. The van der Waals surface area contributed by atoms with Gasteiger partial charge in [-0.3, -0.25) is 0 Å². The Labute approximate surface area is 78.0 Å². The third kappa shape index (κ3) is 6.63. The summed E-state index contributed by atoms with van der Waals surface area (Å²) in [6, 6.07) is 0. The van der Waals surface area contributed by atoms with Crippen LogP contribution in [0.15, 0.2) is 10.5 Å². The van der Waals surface area contributed by atoms with Gasteiger partial charge in [0.15, 0.2) is 5.09 Å². The Kier molecular flexibility index (Phi) is 8.52. The molecule has 0 bridgehead atoms. The van der Waals surface area contributed by atoms with Crippen LogP contribution in [0.1, 0.15) is 20.8 Å². The van der Waals surface area contributed by atoms with Crippen LogP contribution in [0.3, 0.4) is 0 Å². The minimum atomic E-state index is 0.767. The molecule has 11 heavy (non-hydrogen) atoms. The summed E-state index contributed by atoms with van der Waals surface area (Å²) in [5.74, 6) is 2.19. The Bertz CT molecular complexity index is 105. The minimum Gasteiger partial charge on any atom is -0.487 e. The van der Waals surface area contributed by atoms with Gasteiger partial charge in [0, 0.05) is 5.41 Å². The second-order valence-electron chi connectivity index (χ2n) is 1.76. The predicted octanol–water partition coefficient (Wildman–Crippen LogP) is 3.33. The van der Waals surface area contributed by atoms with Crippen LogP contribution in [0.25, 0.3) is 0 Å². The maximum Gasteiger partial charge on any atom is 0.159 e. The highest BCUT2D eigenvalue weighted by Gasteiger charge is 1.94. The summed E-state index contributed by atoms with van der Waals surface area (Å²) < 4.78 is 5.39. The summed E-state index contributed by atoms with van der Waals surface area (Å²) in [5, 5.41) is 3.15. The Balaban J connectivity index is 3.66. The van der Waals surface area contributed by atoms with Crippen LogP contribution in [-0.4, -0.2) is 18.1 Å². The largest absolute Gasteiger partial charge is 0.487 e. The smallest absolute Gasteiger partial charge is 0.159 e. The van der Waals surface area contributed by atoms with Gasteiger partial charge in [0.1, 0.15) is 0 Å². The van der Waals surface area contributed by atoms with Gasteiger partial charge in [-0.1, -0.05) is 25.6 Å². The summed E-state index contributed by atoms with van der Waals surface area (Å²) in [6.07, 6.45) is 0. The fourth-order valence-electron chi connectivity index (χ4n) is 0.546. The van der Waals surface area contributed by atoms with Crippen molar-refractivity contribution >= 4 is 23.5 Å². The molecule has 0 saturated heterocycles. The first-order valence-corrected chi connectivity index (χ1v) is 5.95. The van der Waals surface area contributed by atoms with Gasteiger partial charge in [0.2, 0.25) is 0 Å². The van der Waals surface area contributed by atoms with Crippen molar-refractivity contribution in [2.24, 2.45) is 0 Å². The molecule has 0 N–H and O–H groups in total. The van der Waals surface area contributed by atoms with E-state index < -0.39 is 0 Å². The summed E-state index contributed by atoms with van der Waals surface area (Å²) >= 11 is 3.55. The zero-order valence-electron chi connectivity index (χ0n) is 7.42. The van der Waals surface area contributed by atoms with Crippen molar-refractivity contribution in [1.29, 1.82) is 0 Å². The maximum absolute atomic E-state index is 5.39. The normalized spacial score (nSPS) is 11.7. The first-order chi connectivity index (χ1) is 5.35. The average molecular weight is 192 g/mol. The van der Waals surface area contributed by atoms with E-state index in [1.165, 1.54) is 0 Å². The van der Waals surface area contributed by atoms with E-state index in [9.17, 15) is 0 Å². The highest BCUT2D eigenvalue weighted by molar-refractivity contribution is 8.05. The first kappa shape index (κ1) is 11.2. The Morgan fingerprint density at radius 1 is 1.27 bits per heavy atom. The lowest BCUT2D eigenvalue weighted by atomic mass is 10.9. The summed E-state index contributed by atoms with van der Waals surface area (Å²) in [5.41, 5.74) is 0. The molecule has 0 spiro atoms. The second kappa shape index (κ2) is 8.34. The predicted molar refractivity (Wildman–Crippen MR) is 56.0 cm³/mol. The lowest BCUT2D eigenvalue weighted by Gasteiger charge is -2.05. The molecule has 0 aliphatic carbocycles. The van der Waals surface area contributed by atoms with Gasteiger partial charge in [0.05, 0.1) is 6.61 Å². The van der Waals surface area contributed by atoms with Crippen molar-refractivity contribution in [1.82, 2.24) is 0 Å². The molecule has 0 rings (SSSR count). The highest BCUT2D eigenvalue weighted by atomic mass is 32.2. The molecule has 0 aromatic carbocycles. The van der Waals surface area contributed by atoms with E-state index in [4.69, 9.17) is 4.74 Å². The van der Waals surface area contributed by atoms with Crippen LogP contribution in [0.4, 0.5) is 0 Å². The van der Waals surface area contributed by atoms with Crippen LogP contribution < -0.4 is 0 Å². The molecule has 66 valence electrons. The van der Waals surface area contributed by atoms with Crippen molar-refractivity contribution in [3.8, 4) is 0 Å². The summed E-state index contributed by atoms with van der Waals surface area (Å²) in [4.78, 5) is 0. The number of hydrogen-bond donors (Lipinski definition) is 0. The molecule has 0 amide bonds. The molecule has 0 radical (unpaired) electrons. The van der Waals surface area contributed by atoms with Gasteiger partial charge in [-0.05, 0) is 18.4 Å². The Morgan fingerprint density at radius 2 is 2.00 bits per heavy atom. The van der Waals surface area contributed by atoms with Crippen LogP contribution in [0, 0.1) is 0 Å². The molecule has 0 aliphatic rings. The monoisotopic (exact) mass is 192 g/mol. The summed E-state index contributed by atoms with van der Waals surface area (Å²) in [6.45, 7) is 7.05. The molecule has 0 fully saturated rings. The second-order valence-corrected chi connectivity index (χ2v) is 4.17. The standard InChI is InChI=1S/C8H16OS2/c1-4-9-8(11-6-3)7-10-5-2/h7H,4-6H2,1-3H3/b8-7+. The quantitative estimate of drug-likeness (QED) is 0.597. The van der Waals surface area contributed by atoms with E-state index in [1.807, 2.05) is 6.92 Å². The van der Waals surface area contributed by atoms with Crippen molar-refractivity contribution < 1.29 is 4.74 Å². The Hall–Kier alpha value is 0.240. The lowest BCUT2D eigenvalue weighted by Crippen LogP contribution is -1.87. The number of rotatable bonds is 6. The van der Waals surface area contributed by atoms with Crippen LogP contribution in [-0.2, 0) is 4.74 Å². The highest BCUT2D eigenvalue weighted by Crippen LogP contribution is 2.20. The summed E-state index contributed by atoms with van der Waals surface area (Å²) in [7, 11) is 0. The molecule has 0 aliphatic heterocycles. The third-order valence-electron chi connectivity index (χ3n) is 0.919. The van der Waals surface area contributed by atoms with Crippen LogP contribution in [0.2, 0.25) is 0 Å². The maximum atomic E-state index is 5.39. The number of thioether (sulfide) groups is 2. The van der Waals surface area contributed by atoms with E-state index in [0.29, 0.717) is 0 Å². The first-order valence-electron chi connectivity index (χ1n) is 3.92. The minimum absolute atomic E-state index is 0.767. The molecular formula is C8H16OS2. The molecule has 0 unspecified atom stereocenters. The fraction of sp³-hybridized carbons (Fsp3) is 0.750. The molecule has 0 atom stereocenters. The van der Waals surface area contributed by atoms with Crippen molar-refractivity contribution in [3.05, 3.63) is 10.5 Å². The van der Waals surface area contributed by atoms with Gasteiger partial charge < -0.3 is 4.74 Å². The van der Waals surface area contributed by atoms with E-state index in [1.54, 1.807) is 23.5 Å². The van der Waals surface area contributed by atoms with Crippen LogP contribution >= 0.6 is 23.5 Å². The van der Waals surface area contributed by atoms with Gasteiger partial charge in [-0.25, -0.2) is 0 Å². The zero-order chi connectivity index (χ0) is 8.53. The molecule has 3 heteroatoms. The molecule has 0 heterocycles. The van der Waals surface area contributed by atoms with Crippen molar-refractivity contribution in [2.75, 3.05) is 18.1 Å². The van der Waals surface area contributed by atoms with Gasteiger partial charge in [-0.15, -0.1) is 11.8 Å². The molecular weight excluding hydrogens is 176 g/mol. The Morgan fingerprint density at radius 3 is 2.45 bits per heavy atom. The van der Waals surface area contributed by atoms with Gasteiger partial charge in [-0.2, -0.15) is 0 Å².